The van der Waals surface area contributed by atoms with Gasteiger partial charge in [0, 0.05) is 73.9 Å². The molecule has 0 spiro atoms. The number of pyridine rings is 1. The highest BCUT2D eigenvalue weighted by atomic mass is 35.5. The fraction of sp³-hybridized carbons (Fsp3) is 0.474. The van der Waals surface area contributed by atoms with Crippen LogP contribution in [-0.4, -0.2) is 125 Å². The summed E-state index contributed by atoms with van der Waals surface area (Å²) in [6.07, 6.45) is 7.46. The number of aromatic nitrogens is 3. The number of piperazine rings is 1. The van der Waals surface area contributed by atoms with Gasteiger partial charge < -0.3 is 19.3 Å². The molecule has 0 N–H and O–H groups in total. The molecule has 4 atom stereocenters. The number of halogens is 3. The highest BCUT2D eigenvalue weighted by Crippen LogP contribution is 2.42. The maximum Gasteiger partial charge on any atom is 0.319 e. The first kappa shape index (κ1) is 32.9. The summed E-state index contributed by atoms with van der Waals surface area (Å²) < 4.78 is 43.2. The average molecular weight is 716 g/mol. The van der Waals surface area contributed by atoms with Gasteiger partial charge in [-0.25, -0.2) is 8.78 Å². The van der Waals surface area contributed by atoms with Gasteiger partial charge in [-0.05, 0) is 37.3 Å². The fourth-order valence-corrected chi connectivity index (χ4v) is 9.25. The van der Waals surface area contributed by atoms with E-state index in [1.54, 1.807) is 18.3 Å². The second-order valence-electron chi connectivity index (χ2n) is 14.5. The summed E-state index contributed by atoms with van der Waals surface area (Å²) in [4.78, 5) is 35.9. The summed E-state index contributed by atoms with van der Waals surface area (Å²) in [5.41, 5.74) is 0.381. The molecule has 2 bridgehead atoms. The van der Waals surface area contributed by atoms with E-state index in [4.69, 9.17) is 26.1 Å². The van der Waals surface area contributed by atoms with Gasteiger partial charge in [0.25, 0.3) is 0 Å². The maximum absolute atomic E-state index is 16.9. The van der Waals surface area contributed by atoms with Crippen molar-refractivity contribution >= 4 is 45.0 Å². The number of benzene rings is 2. The number of nitrogens with zero attached hydrogens (tertiary/aromatic N) is 7. The number of carbonyl (C=O) groups is 1. The first-order chi connectivity index (χ1) is 24.9. The lowest BCUT2D eigenvalue weighted by atomic mass is 9.87. The van der Waals surface area contributed by atoms with E-state index < -0.39 is 17.5 Å². The molecule has 4 aromatic rings. The topological polar surface area (TPSA) is 87.2 Å². The van der Waals surface area contributed by atoms with Gasteiger partial charge in [-0.15, -0.1) is 0 Å². The number of rotatable bonds is 8. The van der Waals surface area contributed by atoms with Gasteiger partial charge in [0.2, 0.25) is 5.91 Å². The monoisotopic (exact) mass is 715 g/mol. The van der Waals surface area contributed by atoms with Gasteiger partial charge >= 0.3 is 6.01 Å². The minimum atomic E-state index is -0.902. The van der Waals surface area contributed by atoms with E-state index in [9.17, 15) is 9.18 Å². The van der Waals surface area contributed by atoms with Crippen molar-refractivity contribution < 1.29 is 23.0 Å². The molecule has 2 aromatic heterocycles. The van der Waals surface area contributed by atoms with E-state index >= 15 is 4.39 Å². The molecule has 0 aliphatic carbocycles. The van der Waals surface area contributed by atoms with Crippen LogP contribution < -0.4 is 9.64 Å². The Morgan fingerprint density at radius 2 is 1.88 bits per heavy atom. The standard InChI is InChI=1S/C38H40ClF2N7O3/c39-30-8-2-6-24-5-1-7-28(32(24)30)34-33(41)35-29(19-42-34)36(44-37(43-35)51-23-38-10-4-12-47(38)20-25(40)18-38)46-21-26-17-27(22-46)48(26)31(49)9-3-11-45-13-15-50-16-14-45/h1-3,5-9,19,25-27H,4,10-18,20-23H2/b9-3+/t25-,26?,27?,38+/m1/s1. The highest BCUT2D eigenvalue weighted by molar-refractivity contribution is 6.36. The normalized spacial score (nSPS) is 26.7. The Labute approximate surface area is 300 Å². The van der Waals surface area contributed by atoms with Crippen molar-refractivity contribution in [3.8, 4) is 17.3 Å². The van der Waals surface area contributed by atoms with Gasteiger partial charge in [0.1, 0.15) is 29.8 Å². The lowest BCUT2D eigenvalue weighted by Crippen LogP contribution is -2.70. The molecule has 266 valence electrons. The van der Waals surface area contributed by atoms with E-state index in [-0.39, 0.29) is 41.8 Å². The molecule has 10 rings (SSSR count). The number of anilines is 1. The van der Waals surface area contributed by atoms with Gasteiger partial charge in [-0.3, -0.25) is 19.6 Å². The zero-order chi connectivity index (χ0) is 34.7. The van der Waals surface area contributed by atoms with Gasteiger partial charge in [0.05, 0.1) is 36.2 Å². The van der Waals surface area contributed by atoms with E-state index in [1.807, 2.05) is 41.3 Å². The minimum Gasteiger partial charge on any atom is -0.461 e. The third-order valence-electron chi connectivity index (χ3n) is 11.5. The molecular weight excluding hydrogens is 676 g/mol. The van der Waals surface area contributed by atoms with Crippen LogP contribution in [0, 0.1) is 5.82 Å². The summed E-state index contributed by atoms with van der Waals surface area (Å²) >= 11 is 6.64. The molecule has 0 radical (unpaired) electrons. The predicted octanol–water partition coefficient (Wildman–Crippen LogP) is 5.27. The first-order valence-corrected chi connectivity index (χ1v) is 18.3. The van der Waals surface area contributed by atoms with Crippen LogP contribution >= 0.6 is 11.6 Å². The Morgan fingerprint density at radius 3 is 2.71 bits per heavy atom. The lowest BCUT2D eigenvalue weighted by Gasteiger charge is -2.56. The lowest BCUT2D eigenvalue weighted by molar-refractivity contribution is -0.140. The summed E-state index contributed by atoms with van der Waals surface area (Å²) in [7, 11) is 0. The maximum atomic E-state index is 16.9. The molecule has 1 amide bonds. The molecule has 13 heteroatoms. The first-order valence-electron chi connectivity index (χ1n) is 18.0. The number of ether oxygens (including phenoxy) is 2. The van der Waals surface area contributed by atoms with Gasteiger partial charge in [-0.2, -0.15) is 9.97 Å². The molecule has 51 heavy (non-hydrogen) atoms. The van der Waals surface area contributed by atoms with Crippen LogP contribution in [0.1, 0.15) is 25.7 Å². The van der Waals surface area contributed by atoms with E-state index in [2.05, 4.69) is 24.7 Å². The number of hydrogen-bond acceptors (Lipinski definition) is 9. The molecule has 6 aliphatic rings. The van der Waals surface area contributed by atoms with Crippen LogP contribution in [0.4, 0.5) is 14.6 Å². The van der Waals surface area contributed by atoms with Gasteiger partial charge in [0.15, 0.2) is 5.82 Å². The largest absolute Gasteiger partial charge is 0.461 e. The van der Waals surface area contributed by atoms with Crippen LogP contribution in [0.3, 0.4) is 0 Å². The third-order valence-corrected chi connectivity index (χ3v) is 11.8. The summed E-state index contributed by atoms with van der Waals surface area (Å²) in [5.74, 6) is -0.0674. The SMILES string of the molecule is O=C(/C=C/CN1CCOCC1)N1C2CC1CN(c1nc(OC[C@@]34CCCN3C[C@H](F)C4)nc3c(F)c(-c4cccc5cccc(Cl)c45)ncc13)C2. The molecule has 2 aromatic carbocycles. The summed E-state index contributed by atoms with van der Waals surface area (Å²) in [6.45, 7) is 6.41. The average Bonchev–Trinajstić information content (AvgIpc) is 3.67. The Bertz CT molecular complexity index is 2010. The molecule has 6 saturated heterocycles. The number of carbonyl (C=O) groups excluding carboxylic acids is 1. The van der Waals surface area contributed by atoms with Crippen molar-refractivity contribution in [2.24, 2.45) is 0 Å². The fourth-order valence-electron chi connectivity index (χ4n) is 8.97. The summed E-state index contributed by atoms with van der Waals surface area (Å²) in [5, 5.41) is 2.55. The Hall–Kier alpha value is -3.97. The Kier molecular flexibility index (Phi) is 8.53. The smallest absolute Gasteiger partial charge is 0.319 e. The Balaban J connectivity index is 1.04. The zero-order valence-electron chi connectivity index (χ0n) is 28.3. The molecule has 6 fully saturated rings. The van der Waals surface area contributed by atoms with Crippen LogP contribution in [-0.2, 0) is 9.53 Å². The molecule has 10 nitrogen and oxygen atoms in total. The number of amides is 1. The second-order valence-corrected chi connectivity index (χ2v) is 14.9. The molecule has 6 aliphatic heterocycles. The van der Waals surface area contributed by atoms with Crippen LogP contribution in [0.2, 0.25) is 5.02 Å². The van der Waals surface area contributed by atoms with Crippen LogP contribution in [0.15, 0.2) is 54.7 Å². The molecule has 8 heterocycles. The van der Waals surface area contributed by atoms with Crippen molar-refractivity contribution in [3.05, 3.63) is 65.6 Å². The molecular formula is C38H40ClF2N7O3. The van der Waals surface area contributed by atoms with E-state index in [1.165, 1.54) is 0 Å². The number of piperidine rings is 1. The number of fused-ring (bicyclic) bond motifs is 5. The summed E-state index contributed by atoms with van der Waals surface area (Å²) in [6, 6.07) is 11.2. The quantitative estimate of drug-likeness (QED) is 0.227. The number of alkyl halides is 1. The highest BCUT2D eigenvalue weighted by Gasteiger charge is 2.50. The minimum absolute atomic E-state index is 0.000475. The second kappa shape index (κ2) is 13.2. The van der Waals surface area contributed by atoms with Crippen molar-refractivity contribution in [1.29, 1.82) is 0 Å². The Morgan fingerprint density at radius 1 is 1.08 bits per heavy atom. The van der Waals surface area contributed by atoms with Crippen LogP contribution in [0.25, 0.3) is 32.9 Å². The predicted molar refractivity (Wildman–Crippen MR) is 191 cm³/mol. The van der Waals surface area contributed by atoms with E-state index in [0.717, 1.165) is 50.8 Å². The van der Waals surface area contributed by atoms with Crippen molar-refractivity contribution in [2.75, 3.05) is 70.5 Å². The number of hydrogen-bond donors (Lipinski definition) is 0. The van der Waals surface area contributed by atoms with Crippen LogP contribution in [0.5, 0.6) is 6.01 Å². The third kappa shape index (κ3) is 5.90. The van der Waals surface area contributed by atoms with E-state index in [0.29, 0.717) is 66.4 Å². The number of morpholine rings is 1. The van der Waals surface area contributed by atoms with Crippen molar-refractivity contribution in [3.63, 3.8) is 0 Å². The molecule has 0 saturated carbocycles. The van der Waals surface area contributed by atoms with Crippen molar-refractivity contribution in [1.82, 2.24) is 29.7 Å². The van der Waals surface area contributed by atoms with Crippen molar-refractivity contribution in [2.45, 2.75) is 49.5 Å². The molecule has 2 unspecified atom stereocenters. The van der Waals surface area contributed by atoms with Gasteiger partial charge in [-0.1, -0.05) is 48.0 Å². The zero-order valence-corrected chi connectivity index (χ0v) is 29.1.